The Kier molecular flexibility index (Phi) is 5.55. The summed E-state index contributed by atoms with van der Waals surface area (Å²) in [6, 6.07) is 5.98. The summed E-state index contributed by atoms with van der Waals surface area (Å²) in [5.41, 5.74) is 3.16. The van der Waals surface area contributed by atoms with E-state index in [1.54, 1.807) is 11.9 Å². The zero-order valence-electron chi connectivity index (χ0n) is 12.0. The van der Waals surface area contributed by atoms with Crippen LogP contribution in [0.15, 0.2) is 18.2 Å². The van der Waals surface area contributed by atoms with Gasteiger partial charge in [0.25, 0.3) is 0 Å². The van der Waals surface area contributed by atoms with Crippen molar-refractivity contribution in [1.82, 2.24) is 0 Å². The van der Waals surface area contributed by atoms with E-state index in [0.29, 0.717) is 12.8 Å². The van der Waals surface area contributed by atoms with E-state index in [0.717, 1.165) is 11.3 Å². The van der Waals surface area contributed by atoms with E-state index < -0.39 is 0 Å². The number of anilines is 1. The van der Waals surface area contributed by atoms with Gasteiger partial charge in [0.2, 0.25) is 5.91 Å². The molecule has 0 aliphatic carbocycles. The number of esters is 1. The first-order chi connectivity index (χ1) is 8.95. The molecule has 0 fully saturated rings. The second-order valence-corrected chi connectivity index (χ2v) is 4.67. The smallest absolute Gasteiger partial charge is 0.305 e. The molecule has 0 heterocycles. The Balaban J connectivity index is 2.59. The fraction of sp³-hybridized carbons (Fsp3) is 0.467. The minimum absolute atomic E-state index is 0.0101. The highest BCUT2D eigenvalue weighted by atomic mass is 16.5. The van der Waals surface area contributed by atoms with E-state index in [2.05, 4.69) is 4.74 Å². The minimum Gasteiger partial charge on any atom is -0.469 e. The van der Waals surface area contributed by atoms with Gasteiger partial charge in [0.15, 0.2) is 0 Å². The average Bonchev–Trinajstić information content (AvgIpc) is 2.37. The van der Waals surface area contributed by atoms with Crippen LogP contribution >= 0.6 is 0 Å². The predicted octanol–water partition coefficient (Wildman–Crippen LogP) is 2.61. The van der Waals surface area contributed by atoms with Crippen LogP contribution in [0.3, 0.4) is 0 Å². The molecule has 0 saturated carbocycles. The topological polar surface area (TPSA) is 46.6 Å². The maximum Gasteiger partial charge on any atom is 0.305 e. The predicted molar refractivity (Wildman–Crippen MR) is 75.2 cm³/mol. The first-order valence-corrected chi connectivity index (χ1v) is 6.36. The molecule has 4 nitrogen and oxygen atoms in total. The van der Waals surface area contributed by atoms with Crippen molar-refractivity contribution >= 4 is 17.6 Å². The highest BCUT2D eigenvalue weighted by Gasteiger charge is 2.13. The van der Waals surface area contributed by atoms with E-state index in [1.165, 1.54) is 12.7 Å². The number of methoxy groups -OCH3 is 1. The van der Waals surface area contributed by atoms with Gasteiger partial charge in [0.05, 0.1) is 7.11 Å². The van der Waals surface area contributed by atoms with Crippen molar-refractivity contribution in [1.29, 1.82) is 0 Å². The molecule has 1 rings (SSSR count). The zero-order chi connectivity index (χ0) is 14.4. The van der Waals surface area contributed by atoms with Crippen LogP contribution < -0.4 is 4.90 Å². The number of nitrogens with zero attached hydrogens (tertiary/aromatic N) is 1. The Hall–Kier alpha value is -1.84. The number of hydrogen-bond donors (Lipinski definition) is 0. The number of hydrogen-bond acceptors (Lipinski definition) is 3. The van der Waals surface area contributed by atoms with E-state index in [1.807, 2.05) is 32.0 Å². The maximum atomic E-state index is 12.0. The number of benzene rings is 1. The van der Waals surface area contributed by atoms with E-state index in [4.69, 9.17) is 0 Å². The Morgan fingerprint density at radius 1 is 1.21 bits per heavy atom. The van der Waals surface area contributed by atoms with Crippen molar-refractivity contribution in [3.63, 3.8) is 0 Å². The van der Waals surface area contributed by atoms with Crippen molar-refractivity contribution in [2.24, 2.45) is 0 Å². The number of carbonyl (C=O) groups is 2. The van der Waals surface area contributed by atoms with Gasteiger partial charge >= 0.3 is 5.97 Å². The number of rotatable bonds is 5. The van der Waals surface area contributed by atoms with Crippen LogP contribution in [0, 0.1) is 13.8 Å². The van der Waals surface area contributed by atoms with E-state index in [-0.39, 0.29) is 18.3 Å². The monoisotopic (exact) mass is 263 g/mol. The molecule has 0 aliphatic rings. The molecule has 4 heteroatoms. The van der Waals surface area contributed by atoms with Crippen LogP contribution in [0.4, 0.5) is 5.69 Å². The lowest BCUT2D eigenvalue weighted by molar-refractivity contribution is -0.140. The normalized spacial score (nSPS) is 10.1. The number of amides is 1. The first kappa shape index (κ1) is 15.2. The second kappa shape index (κ2) is 6.92. The summed E-state index contributed by atoms with van der Waals surface area (Å²) in [5.74, 6) is -0.266. The average molecular weight is 263 g/mol. The van der Waals surface area contributed by atoms with E-state index >= 15 is 0 Å². The van der Waals surface area contributed by atoms with Gasteiger partial charge in [0, 0.05) is 25.6 Å². The molecular weight excluding hydrogens is 242 g/mol. The molecule has 0 spiro atoms. The van der Waals surface area contributed by atoms with Crippen LogP contribution in [0.2, 0.25) is 0 Å². The number of aryl methyl sites for hydroxylation is 2. The maximum absolute atomic E-state index is 12.0. The molecule has 0 aliphatic heterocycles. The quantitative estimate of drug-likeness (QED) is 0.767. The lowest BCUT2D eigenvalue weighted by Gasteiger charge is -2.20. The molecule has 1 aromatic carbocycles. The molecule has 0 saturated heterocycles. The first-order valence-electron chi connectivity index (χ1n) is 6.36. The third-order valence-corrected chi connectivity index (χ3v) is 3.09. The van der Waals surface area contributed by atoms with Gasteiger partial charge in [-0.15, -0.1) is 0 Å². The summed E-state index contributed by atoms with van der Waals surface area (Å²) in [7, 11) is 3.12. The van der Waals surface area contributed by atoms with Gasteiger partial charge in [-0.3, -0.25) is 9.59 Å². The van der Waals surface area contributed by atoms with Crippen LogP contribution in [0.25, 0.3) is 0 Å². The molecule has 104 valence electrons. The third kappa shape index (κ3) is 4.39. The van der Waals surface area contributed by atoms with Crippen molar-refractivity contribution in [2.45, 2.75) is 33.1 Å². The summed E-state index contributed by atoms with van der Waals surface area (Å²) in [6.07, 6.45) is 1.14. The van der Waals surface area contributed by atoms with Crippen molar-refractivity contribution in [3.05, 3.63) is 29.3 Å². The number of ether oxygens (including phenoxy) is 1. The van der Waals surface area contributed by atoms with Crippen LogP contribution in [-0.4, -0.2) is 26.0 Å². The molecule has 0 radical (unpaired) electrons. The molecule has 1 amide bonds. The summed E-state index contributed by atoms with van der Waals surface area (Å²) in [4.78, 5) is 24.6. The molecule has 0 unspecified atom stereocenters. The van der Waals surface area contributed by atoms with Crippen molar-refractivity contribution < 1.29 is 14.3 Å². The third-order valence-electron chi connectivity index (χ3n) is 3.09. The SMILES string of the molecule is COC(=O)CCCC(=O)N(C)c1ccc(C)cc1C. The summed E-state index contributed by atoms with van der Waals surface area (Å²) < 4.78 is 4.55. The lowest BCUT2D eigenvalue weighted by Crippen LogP contribution is -2.26. The van der Waals surface area contributed by atoms with Gasteiger partial charge in [-0.2, -0.15) is 0 Å². The minimum atomic E-state index is -0.276. The molecule has 1 aromatic rings. The van der Waals surface area contributed by atoms with E-state index in [9.17, 15) is 9.59 Å². The zero-order valence-corrected chi connectivity index (χ0v) is 12.0. The second-order valence-electron chi connectivity index (χ2n) is 4.67. The highest BCUT2D eigenvalue weighted by Crippen LogP contribution is 2.20. The summed E-state index contributed by atoms with van der Waals surface area (Å²) >= 11 is 0. The molecule has 19 heavy (non-hydrogen) atoms. The Morgan fingerprint density at radius 3 is 2.47 bits per heavy atom. The number of carbonyl (C=O) groups excluding carboxylic acids is 2. The van der Waals surface area contributed by atoms with Gasteiger partial charge in [0.1, 0.15) is 0 Å². The Labute approximate surface area is 114 Å². The van der Waals surface area contributed by atoms with Gasteiger partial charge in [-0.05, 0) is 31.9 Å². The molecule has 0 atom stereocenters. The molecular formula is C15H21NO3. The fourth-order valence-corrected chi connectivity index (χ4v) is 1.97. The molecule has 0 N–H and O–H groups in total. The van der Waals surface area contributed by atoms with Crippen molar-refractivity contribution in [2.75, 3.05) is 19.1 Å². The summed E-state index contributed by atoms with van der Waals surface area (Å²) in [6.45, 7) is 4.01. The molecule has 0 aromatic heterocycles. The molecule has 0 bridgehead atoms. The highest BCUT2D eigenvalue weighted by molar-refractivity contribution is 5.93. The van der Waals surface area contributed by atoms with Crippen LogP contribution in [-0.2, 0) is 14.3 Å². The standard InChI is InChI=1S/C15H21NO3/c1-11-8-9-13(12(2)10-11)16(3)14(17)6-5-7-15(18)19-4/h8-10H,5-7H2,1-4H3. The lowest BCUT2D eigenvalue weighted by atomic mass is 10.1. The van der Waals surface area contributed by atoms with Crippen LogP contribution in [0.5, 0.6) is 0 Å². The van der Waals surface area contributed by atoms with Gasteiger partial charge in [-0.25, -0.2) is 0 Å². The van der Waals surface area contributed by atoms with Gasteiger partial charge < -0.3 is 9.64 Å². The Bertz CT molecular complexity index is 468. The van der Waals surface area contributed by atoms with Crippen LogP contribution in [0.1, 0.15) is 30.4 Å². The fourth-order valence-electron chi connectivity index (χ4n) is 1.97. The summed E-state index contributed by atoms with van der Waals surface area (Å²) in [5, 5.41) is 0. The van der Waals surface area contributed by atoms with Crippen molar-refractivity contribution in [3.8, 4) is 0 Å². The largest absolute Gasteiger partial charge is 0.469 e. The van der Waals surface area contributed by atoms with Gasteiger partial charge in [-0.1, -0.05) is 17.7 Å². The Morgan fingerprint density at radius 2 is 1.89 bits per heavy atom.